The van der Waals surface area contributed by atoms with Gasteiger partial charge in [-0.25, -0.2) is 4.79 Å². The second kappa shape index (κ2) is 7.11. The fourth-order valence-electron chi connectivity index (χ4n) is 2.61. The lowest BCUT2D eigenvalue weighted by Crippen LogP contribution is -2.44. The molecule has 3 rings (SSSR count). The zero-order chi connectivity index (χ0) is 16.2. The molecule has 0 aliphatic carbocycles. The SMILES string of the molecule is O=C(NCOc1ccc(Cl)cc1Cl)N1CCCc2ccccc21. The van der Waals surface area contributed by atoms with Crippen molar-refractivity contribution in [3.8, 4) is 5.75 Å². The number of nitrogens with zero attached hydrogens (tertiary/aromatic N) is 1. The van der Waals surface area contributed by atoms with Crippen LogP contribution in [0.1, 0.15) is 12.0 Å². The Morgan fingerprint density at radius 3 is 2.87 bits per heavy atom. The Kier molecular flexibility index (Phi) is 4.94. The molecule has 0 saturated carbocycles. The fraction of sp³-hybridized carbons (Fsp3) is 0.235. The molecule has 2 aromatic rings. The highest BCUT2D eigenvalue weighted by Crippen LogP contribution is 2.28. The minimum Gasteiger partial charge on any atom is -0.472 e. The lowest BCUT2D eigenvalue weighted by atomic mass is 10.0. The van der Waals surface area contributed by atoms with E-state index in [0.29, 0.717) is 22.3 Å². The number of halogens is 2. The molecule has 0 saturated heterocycles. The number of carbonyl (C=O) groups excluding carboxylic acids is 1. The molecular formula is C17H16Cl2N2O2. The third kappa shape index (κ3) is 3.71. The Hall–Kier alpha value is -1.91. The summed E-state index contributed by atoms with van der Waals surface area (Å²) in [5.74, 6) is 0.482. The minimum absolute atomic E-state index is 0.0405. The van der Waals surface area contributed by atoms with Gasteiger partial charge < -0.3 is 10.1 Å². The summed E-state index contributed by atoms with van der Waals surface area (Å²) in [6.07, 6.45) is 1.95. The fourth-order valence-corrected chi connectivity index (χ4v) is 3.07. The highest BCUT2D eigenvalue weighted by atomic mass is 35.5. The van der Waals surface area contributed by atoms with Crippen molar-refractivity contribution in [1.29, 1.82) is 0 Å². The molecule has 1 aliphatic heterocycles. The van der Waals surface area contributed by atoms with E-state index in [9.17, 15) is 4.79 Å². The number of carbonyl (C=O) groups is 1. The van der Waals surface area contributed by atoms with Crippen LogP contribution in [0, 0.1) is 0 Å². The number of hydrogen-bond donors (Lipinski definition) is 1. The van der Waals surface area contributed by atoms with Crippen molar-refractivity contribution in [2.24, 2.45) is 0 Å². The third-order valence-corrected chi connectivity index (χ3v) is 4.23. The molecule has 0 fully saturated rings. The normalized spacial score (nSPS) is 13.4. The van der Waals surface area contributed by atoms with Crippen LogP contribution in [0.15, 0.2) is 42.5 Å². The smallest absolute Gasteiger partial charge is 0.324 e. The summed E-state index contributed by atoms with van der Waals surface area (Å²) in [4.78, 5) is 14.1. The Morgan fingerprint density at radius 2 is 2.04 bits per heavy atom. The molecule has 1 N–H and O–H groups in total. The zero-order valence-corrected chi connectivity index (χ0v) is 13.9. The van der Waals surface area contributed by atoms with E-state index in [1.807, 2.05) is 18.2 Å². The first-order valence-electron chi connectivity index (χ1n) is 7.36. The number of anilines is 1. The maximum Gasteiger partial charge on any atom is 0.324 e. The largest absolute Gasteiger partial charge is 0.472 e. The number of ether oxygens (including phenoxy) is 1. The molecule has 1 aliphatic rings. The van der Waals surface area contributed by atoms with Gasteiger partial charge in [0.05, 0.1) is 5.02 Å². The zero-order valence-electron chi connectivity index (χ0n) is 12.4. The Balaban J connectivity index is 1.60. The number of para-hydroxylation sites is 1. The highest BCUT2D eigenvalue weighted by molar-refractivity contribution is 6.35. The number of fused-ring (bicyclic) bond motifs is 1. The number of urea groups is 1. The van der Waals surface area contributed by atoms with Crippen molar-refractivity contribution in [3.63, 3.8) is 0 Å². The number of amides is 2. The first-order chi connectivity index (χ1) is 11.1. The van der Waals surface area contributed by atoms with Crippen LogP contribution in [0.5, 0.6) is 5.75 Å². The van der Waals surface area contributed by atoms with Gasteiger partial charge in [-0.15, -0.1) is 0 Å². The summed E-state index contributed by atoms with van der Waals surface area (Å²) in [6.45, 7) is 0.739. The summed E-state index contributed by atoms with van der Waals surface area (Å²) in [5, 5.41) is 3.71. The number of aryl methyl sites for hydroxylation is 1. The van der Waals surface area contributed by atoms with Crippen molar-refractivity contribution in [2.75, 3.05) is 18.2 Å². The van der Waals surface area contributed by atoms with E-state index in [1.54, 1.807) is 23.1 Å². The van der Waals surface area contributed by atoms with Crippen molar-refractivity contribution < 1.29 is 9.53 Å². The molecule has 2 amide bonds. The first-order valence-corrected chi connectivity index (χ1v) is 8.12. The molecule has 0 aromatic heterocycles. The van der Waals surface area contributed by atoms with Crippen LogP contribution in [0.4, 0.5) is 10.5 Å². The van der Waals surface area contributed by atoms with Crippen LogP contribution in [0.25, 0.3) is 0 Å². The molecule has 1 heterocycles. The van der Waals surface area contributed by atoms with Gasteiger partial charge in [-0.05, 0) is 42.7 Å². The van der Waals surface area contributed by atoms with Gasteiger partial charge in [0.1, 0.15) is 5.75 Å². The molecule has 0 bridgehead atoms. The number of rotatable bonds is 3. The summed E-state index contributed by atoms with van der Waals surface area (Å²) >= 11 is 11.9. The third-order valence-electron chi connectivity index (χ3n) is 3.70. The molecule has 0 radical (unpaired) electrons. The van der Waals surface area contributed by atoms with E-state index >= 15 is 0 Å². The number of nitrogens with one attached hydrogen (secondary N) is 1. The topological polar surface area (TPSA) is 41.6 Å². The Labute approximate surface area is 144 Å². The molecule has 0 spiro atoms. The first kappa shape index (κ1) is 16.0. The molecule has 2 aromatic carbocycles. The maximum absolute atomic E-state index is 12.4. The van der Waals surface area contributed by atoms with Gasteiger partial charge in [-0.1, -0.05) is 41.4 Å². The van der Waals surface area contributed by atoms with Gasteiger partial charge in [0, 0.05) is 17.3 Å². The Morgan fingerprint density at radius 1 is 1.22 bits per heavy atom. The highest BCUT2D eigenvalue weighted by Gasteiger charge is 2.21. The van der Waals surface area contributed by atoms with Crippen molar-refractivity contribution in [2.45, 2.75) is 12.8 Å². The summed E-state index contributed by atoms with van der Waals surface area (Å²) in [7, 11) is 0. The standard InChI is InChI=1S/C17H16Cl2N2O2/c18-13-7-8-16(14(19)10-13)23-11-20-17(22)21-9-3-5-12-4-1-2-6-15(12)21/h1-2,4,6-8,10H,3,5,9,11H2,(H,20,22). The van der Waals surface area contributed by atoms with Crippen molar-refractivity contribution in [1.82, 2.24) is 5.32 Å². The van der Waals surface area contributed by atoms with Crippen molar-refractivity contribution in [3.05, 3.63) is 58.1 Å². The summed E-state index contributed by atoms with van der Waals surface area (Å²) in [5.41, 5.74) is 2.15. The van der Waals surface area contributed by atoms with E-state index in [-0.39, 0.29) is 12.8 Å². The van der Waals surface area contributed by atoms with Crippen LogP contribution >= 0.6 is 23.2 Å². The van der Waals surface area contributed by atoms with E-state index in [0.717, 1.165) is 18.5 Å². The van der Waals surface area contributed by atoms with E-state index < -0.39 is 0 Å². The predicted octanol–water partition coefficient (Wildman–Crippen LogP) is 4.49. The van der Waals surface area contributed by atoms with Gasteiger partial charge in [0.2, 0.25) is 0 Å². The Bertz CT molecular complexity index is 721. The molecular weight excluding hydrogens is 335 g/mol. The molecule has 4 nitrogen and oxygen atoms in total. The summed E-state index contributed by atoms with van der Waals surface area (Å²) < 4.78 is 5.49. The average molecular weight is 351 g/mol. The molecule has 120 valence electrons. The summed E-state index contributed by atoms with van der Waals surface area (Å²) in [6, 6.07) is 12.7. The van der Waals surface area contributed by atoms with E-state index in [4.69, 9.17) is 27.9 Å². The quantitative estimate of drug-likeness (QED) is 0.828. The lowest BCUT2D eigenvalue weighted by Gasteiger charge is -2.29. The molecule has 0 atom stereocenters. The number of benzene rings is 2. The monoisotopic (exact) mass is 350 g/mol. The second-order valence-electron chi connectivity index (χ2n) is 5.23. The van der Waals surface area contributed by atoms with Gasteiger partial charge >= 0.3 is 6.03 Å². The van der Waals surface area contributed by atoms with Gasteiger partial charge in [0.15, 0.2) is 6.73 Å². The molecule has 0 unspecified atom stereocenters. The lowest BCUT2D eigenvalue weighted by molar-refractivity contribution is 0.229. The van der Waals surface area contributed by atoms with Gasteiger partial charge in [0.25, 0.3) is 0 Å². The van der Waals surface area contributed by atoms with Gasteiger partial charge in [-0.2, -0.15) is 0 Å². The van der Waals surface area contributed by atoms with Crippen LogP contribution in [0.3, 0.4) is 0 Å². The van der Waals surface area contributed by atoms with Crippen molar-refractivity contribution >= 4 is 34.9 Å². The van der Waals surface area contributed by atoms with E-state index in [2.05, 4.69) is 11.4 Å². The second-order valence-corrected chi connectivity index (χ2v) is 6.07. The molecule has 6 heteroatoms. The van der Waals surface area contributed by atoms with Crippen LogP contribution in [0.2, 0.25) is 10.0 Å². The minimum atomic E-state index is -0.178. The molecule has 23 heavy (non-hydrogen) atoms. The number of hydrogen-bond acceptors (Lipinski definition) is 2. The maximum atomic E-state index is 12.4. The average Bonchev–Trinajstić information content (AvgIpc) is 2.56. The van der Waals surface area contributed by atoms with Crippen LogP contribution in [-0.4, -0.2) is 19.3 Å². The van der Waals surface area contributed by atoms with Gasteiger partial charge in [-0.3, -0.25) is 4.90 Å². The predicted molar refractivity (Wildman–Crippen MR) is 92.6 cm³/mol. The van der Waals surface area contributed by atoms with E-state index in [1.165, 1.54) is 5.56 Å². The van der Waals surface area contributed by atoms with Crippen LogP contribution in [-0.2, 0) is 6.42 Å². The van der Waals surface area contributed by atoms with Crippen LogP contribution < -0.4 is 15.0 Å².